The van der Waals surface area contributed by atoms with Gasteiger partial charge in [-0.25, -0.2) is 0 Å². The first-order valence-electron chi connectivity index (χ1n) is 8.70. The SMILES string of the molecule is CCOC1CC(N)(C(=O)NC(C)c2cccc(NC(C)=O)c2)C1(C)C. The Morgan fingerprint density at radius 3 is 2.64 bits per heavy atom. The molecule has 1 aromatic carbocycles. The fraction of sp³-hybridized carbons (Fsp3) is 0.579. The summed E-state index contributed by atoms with van der Waals surface area (Å²) in [6.45, 7) is 9.86. The highest BCUT2D eigenvalue weighted by Crippen LogP contribution is 2.50. The summed E-state index contributed by atoms with van der Waals surface area (Å²) >= 11 is 0. The molecule has 0 bridgehead atoms. The molecule has 4 N–H and O–H groups in total. The molecule has 0 radical (unpaired) electrons. The Labute approximate surface area is 149 Å². The van der Waals surface area contributed by atoms with Gasteiger partial charge in [-0.3, -0.25) is 9.59 Å². The molecule has 1 aliphatic rings. The van der Waals surface area contributed by atoms with Crippen LogP contribution < -0.4 is 16.4 Å². The number of amides is 2. The van der Waals surface area contributed by atoms with Crippen LogP contribution in [0.1, 0.15) is 52.6 Å². The lowest BCUT2D eigenvalue weighted by atomic mass is 9.54. The van der Waals surface area contributed by atoms with Crippen molar-refractivity contribution in [1.82, 2.24) is 5.32 Å². The van der Waals surface area contributed by atoms with Gasteiger partial charge >= 0.3 is 0 Å². The first-order chi connectivity index (χ1) is 11.6. The number of rotatable bonds is 6. The van der Waals surface area contributed by atoms with Crippen molar-refractivity contribution >= 4 is 17.5 Å². The van der Waals surface area contributed by atoms with Crippen LogP contribution in [0.2, 0.25) is 0 Å². The van der Waals surface area contributed by atoms with Crippen molar-refractivity contribution < 1.29 is 14.3 Å². The maximum absolute atomic E-state index is 12.8. The highest BCUT2D eigenvalue weighted by molar-refractivity contribution is 5.90. The molecule has 6 nitrogen and oxygen atoms in total. The highest BCUT2D eigenvalue weighted by Gasteiger charge is 2.62. The molecular weight excluding hydrogens is 318 g/mol. The summed E-state index contributed by atoms with van der Waals surface area (Å²) in [5, 5.41) is 5.75. The van der Waals surface area contributed by atoms with E-state index in [1.54, 1.807) is 0 Å². The molecule has 0 saturated heterocycles. The normalized spacial score (nSPS) is 25.6. The Morgan fingerprint density at radius 2 is 2.08 bits per heavy atom. The predicted octanol–water partition coefficient (Wildman–Crippen LogP) is 2.35. The minimum atomic E-state index is -0.948. The van der Waals surface area contributed by atoms with E-state index >= 15 is 0 Å². The first kappa shape index (κ1) is 19.4. The molecule has 1 fully saturated rings. The van der Waals surface area contributed by atoms with Crippen LogP contribution in [0.15, 0.2) is 24.3 Å². The van der Waals surface area contributed by atoms with E-state index in [0.29, 0.717) is 18.7 Å². The molecule has 2 amide bonds. The van der Waals surface area contributed by atoms with E-state index in [1.165, 1.54) is 6.92 Å². The van der Waals surface area contributed by atoms with Crippen LogP contribution in [-0.2, 0) is 14.3 Å². The molecule has 0 spiro atoms. The summed E-state index contributed by atoms with van der Waals surface area (Å²) in [6.07, 6.45) is 0.504. The Bertz CT molecular complexity index is 659. The second-order valence-electron chi connectivity index (χ2n) is 7.34. The van der Waals surface area contributed by atoms with Crippen molar-refractivity contribution in [2.45, 2.75) is 58.7 Å². The van der Waals surface area contributed by atoms with Gasteiger partial charge in [0.05, 0.1) is 12.1 Å². The van der Waals surface area contributed by atoms with Crippen molar-refractivity contribution in [2.24, 2.45) is 11.1 Å². The van der Waals surface area contributed by atoms with E-state index in [4.69, 9.17) is 10.5 Å². The van der Waals surface area contributed by atoms with Crippen LogP contribution in [0.4, 0.5) is 5.69 Å². The predicted molar refractivity (Wildman–Crippen MR) is 98.0 cm³/mol. The molecule has 0 aliphatic heterocycles. The maximum Gasteiger partial charge on any atom is 0.241 e. The topological polar surface area (TPSA) is 93.4 Å². The first-order valence-corrected chi connectivity index (χ1v) is 8.70. The number of carbonyl (C=O) groups excluding carboxylic acids is 2. The molecule has 25 heavy (non-hydrogen) atoms. The Hall–Kier alpha value is -1.92. The van der Waals surface area contributed by atoms with E-state index in [0.717, 1.165) is 5.56 Å². The van der Waals surface area contributed by atoms with Gasteiger partial charge in [0.15, 0.2) is 0 Å². The zero-order valence-electron chi connectivity index (χ0n) is 15.7. The Morgan fingerprint density at radius 1 is 1.40 bits per heavy atom. The second-order valence-corrected chi connectivity index (χ2v) is 7.34. The molecule has 1 aromatic rings. The van der Waals surface area contributed by atoms with Gasteiger partial charge in [-0.1, -0.05) is 26.0 Å². The van der Waals surface area contributed by atoms with Crippen LogP contribution in [0, 0.1) is 5.41 Å². The average molecular weight is 347 g/mol. The summed E-state index contributed by atoms with van der Waals surface area (Å²) in [5.41, 5.74) is 6.65. The zero-order chi connectivity index (χ0) is 18.8. The zero-order valence-corrected chi connectivity index (χ0v) is 15.7. The molecule has 3 atom stereocenters. The highest BCUT2D eigenvalue weighted by atomic mass is 16.5. The number of anilines is 1. The van der Waals surface area contributed by atoms with E-state index in [9.17, 15) is 9.59 Å². The summed E-state index contributed by atoms with van der Waals surface area (Å²) in [5.74, 6) is -0.307. The summed E-state index contributed by atoms with van der Waals surface area (Å²) in [4.78, 5) is 24.0. The fourth-order valence-electron chi connectivity index (χ4n) is 3.32. The van der Waals surface area contributed by atoms with E-state index in [-0.39, 0.29) is 24.0 Å². The van der Waals surface area contributed by atoms with Crippen LogP contribution in [-0.4, -0.2) is 30.1 Å². The standard InChI is InChI=1S/C19H29N3O3/c1-6-25-16-11-19(20,18(16,4)5)17(24)21-12(2)14-8-7-9-15(10-14)22-13(3)23/h7-10,12,16H,6,11,20H2,1-5H3,(H,21,24)(H,22,23). The van der Waals surface area contributed by atoms with Gasteiger partial charge in [0.2, 0.25) is 11.8 Å². The summed E-state index contributed by atoms with van der Waals surface area (Å²) in [6, 6.07) is 7.20. The second kappa shape index (κ2) is 7.14. The number of ether oxygens (including phenoxy) is 1. The van der Waals surface area contributed by atoms with E-state index in [1.807, 2.05) is 52.0 Å². The number of carbonyl (C=O) groups is 2. The van der Waals surface area contributed by atoms with E-state index < -0.39 is 11.0 Å². The van der Waals surface area contributed by atoms with Crippen molar-refractivity contribution in [3.05, 3.63) is 29.8 Å². The molecule has 6 heteroatoms. The molecule has 0 heterocycles. The molecule has 1 aliphatic carbocycles. The lowest BCUT2D eigenvalue weighted by Crippen LogP contribution is -2.75. The van der Waals surface area contributed by atoms with Crippen LogP contribution >= 0.6 is 0 Å². The minimum absolute atomic E-state index is 0.00773. The van der Waals surface area contributed by atoms with E-state index in [2.05, 4.69) is 10.6 Å². The monoisotopic (exact) mass is 347 g/mol. The number of benzene rings is 1. The minimum Gasteiger partial charge on any atom is -0.378 e. The Kier molecular flexibility index (Phi) is 5.54. The quantitative estimate of drug-likeness (QED) is 0.736. The van der Waals surface area contributed by atoms with Crippen molar-refractivity contribution in [2.75, 3.05) is 11.9 Å². The molecular formula is C19H29N3O3. The van der Waals surface area contributed by atoms with Crippen molar-refractivity contribution in [1.29, 1.82) is 0 Å². The smallest absolute Gasteiger partial charge is 0.241 e. The van der Waals surface area contributed by atoms with Gasteiger partial charge in [-0.2, -0.15) is 0 Å². The fourth-order valence-corrected chi connectivity index (χ4v) is 3.32. The molecule has 1 saturated carbocycles. The largest absolute Gasteiger partial charge is 0.378 e. The van der Waals surface area contributed by atoms with Crippen molar-refractivity contribution in [3.8, 4) is 0 Å². The third-order valence-electron chi connectivity index (χ3n) is 5.29. The number of nitrogens with one attached hydrogen (secondary N) is 2. The van der Waals surface area contributed by atoms with Gasteiger partial charge in [0.1, 0.15) is 5.54 Å². The average Bonchev–Trinajstić information content (AvgIpc) is 2.53. The molecule has 2 rings (SSSR count). The van der Waals surface area contributed by atoms with Gasteiger partial charge in [0, 0.05) is 31.1 Å². The lowest BCUT2D eigenvalue weighted by molar-refractivity contribution is -0.171. The number of hydrogen-bond donors (Lipinski definition) is 3. The molecule has 138 valence electrons. The van der Waals surface area contributed by atoms with Crippen LogP contribution in [0.5, 0.6) is 0 Å². The summed E-state index contributed by atoms with van der Waals surface area (Å²) in [7, 11) is 0. The van der Waals surface area contributed by atoms with Crippen LogP contribution in [0.25, 0.3) is 0 Å². The third kappa shape index (κ3) is 3.70. The Balaban J connectivity index is 2.07. The van der Waals surface area contributed by atoms with Gasteiger partial charge in [0.25, 0.3) is 0 Å². The molecule has 0 aromatic heterocycles. The van der Waals surface area contributed by atoms with Gasteiger partial charge < -0.3 is 21.1 Å². The van der Waals surface area contributed by atoms with Gasteiger partial charge in [-0.05, 0) is 31.5 Å². The third-order valence-corrected chi connectivity index (χ3v) is 5.29. The van der Waals surface area contributed by atoms with Gasteiger partial charge in [-0.15, -0.1) is 0 Å². The number of nitrogens with two attached hydrogens (primary N) is 1. The summed E-state index contributed by atoms with van der Waals surface area (Å²) < 4.78 is 5.68. The molecule has 3 unspecified atom stereocenters. The lowest BCUT2D eigenvalue weighted by Gasteiger charge is -2.57. The maximum atomic E-state index is 12.8. The van der Waals surface area contributed by atoms with Crippen molar-refractivity contribution in [3.63, 3.8) is 0 Å². The number of hydrogen-bond acceptors (Lipinski definition) is 4. The van der Waals surface area contributed by atoms with Crippen LogP contribution in [0.3, 0.4) is 0 Å².